The standard InChI is InChI=1S/C35H48N8O9/c36-29(18-28-17-27-3-1-2-4-30(27)38-28)35(51)39-52-24-26-7-5-25(6-8-26)19-37-31(44)20-40-9-11-41(21-32(45)46)13-15-43(23-34(49)50)16-14-42(12-10-40)22-33(47)48/h1-8,17,29,38H,9-16,18-24,36H2,(H,37,44)(H,39,51)(H,45,46)(H,47,48)(H,49,50). The molecule has 17 heteroatoms. The molecule has 17 nitrogen and oxygen atoms in total. The highest BCUT2D eigenvalue weighted by Gasteiger charge is 2.21. The molecule has 3 aromatic rings. The molecule has 0 bridgehead atoms. The van der Waals surface area contributed by atoms with Gasteiger partial charge >= 0.3 is 17.9 Å². The fourth-order valence-electron chi connectivity index (χ4n) is 5.84. The van der Waals surface area contributed by atoms with Crippen LogP contribution in [0.3, 0.4) is 0 Å². The van der Waals surface area contributed by atoms with Gasteiger partial charge in [-0.3, -0.25) is 48.4 Å². The van der Waals surface area contributed by atoms with Gasteiger partial charge < -0.3 is 31.4 Å². The third-order valence-electron chi connectivity index (χ3n) is 8.66. The molecule has 282 valence electrons. The number of carboxylic acid groups (broad SMARTS) is 3. The number of nitrogens with zero attached hydrogens (tertiary/aromatic N) is 4. The average molecular weight is 725 g/mol. The normalized spacial score (nSPS) is 16.4. The Hall–Kier alpha value is -4.91. The van der Waals surface area contributed by atoms with Crippen LogP contribution >= 0.6 is 0 Å². The first-order chi connectivity index (χ1) is 24.9. The van der Waals surface area contributed by atoms with Gasteiger partial charge in [-0.2, -0.15) is 0 Å². The number of nitrogens with two attached hydrogens (primary N) is 1. The highest BCUT2D eigenvalue weighted by Crippen LogP contribution is 2.15. The highest BCUT2D eigenvalue weighted by molar-refractivity contribution is 5.83. The van der Waals surface area contributed by atoms with E-state index >= 15 is 0 Å². The lowest BCUT2D eigenvalue weighted by Gasteiger charge is -2.32. The monoisotopic (exact) mass is 724 g/mol. The maximum absolute atomic E-state index is 13.0. The number of benzene rings is 2. The SMILES string of the molecule is NC(Cc1cc2ccccc2[nH]1)C(=O)NOCc1ccc(CNC(=O)CN2CCN(CC(=O)O)CCN(CC(=O)O)CCN(CC(=O)O)CC2)cc1. The Morgan fingerprint density at radius 2 is 1.19 bits per heavy atom. The molecular formula is C35H48N8O9. The van der Waals surface area contributed by atoms with Crippen LogP contribution in [-0.4, -0.2) is 154 Å². The Kier molecular flexibility index (Phi) is 15.5. The molecular weight excluding hydrogens is 676 g/mol. The molecule has 0 radical (unpaired) electrons. The Labute approximate surface area is 301 Å². The number of rotatable bonds is 16. The number of aromatic amines is 1. The van der Waals surface area contributed by atoms with E-state index in [1.54, 1.807) is 14.7 Å². The number of hydrogen-bond donors (Lipinski definition) is 7. The summed E-state index contributed by atoms with van der Waals surface area (Å²) in [6.45, 7) is 2.17. The average Bonchev–Trinajstić information content (AvgIpc) is 3.50. The number of aromatic nitrogens is 1. The van der Waals surface area contributed by atoms with E-state index in [9.17, 15) is 39.3 Å². The molecule has 52 heavy (non-hydrogen) atoms. The van der Waals surface area contributed by atoms with Crippen LogP contribution in [-0.2, 0) is 48.4 Å². The zero-order valence-corrected chi connectivity index (χ0v) is 29.0. The topological polar surface area (TPSA) is 234 Å². The zero-order chi connectivity index (χ0) is 37.5. The molecule has 0 aliphatic carbocycles. The molecule has 2 heterocycles. The number of fused-ring (bicyclic) bond motifs is 1. The molecule has 2 amide bonds. The Morgan fingerprint density at radius 3 is 1.69 bits per heavy atom. The minimum Gasteiger partial charge on any atom is -0.480 e. The largest absolute Gasteiger partial charge is 0.480 e. The van der Waals surface area contributed by atoms with Gasteiger partial charge in [-0.1, -0.05) is 42.5 Å². The van der Waals surface area contributed by atoms with Gasteiger partial charge in [0.05, 0.1) is 38.8 Å². The van der Waals surface area contributed by atoms with Gasteiger partial charge in [0.15, 0.2) is 0 Å². The van der Waals surface area contributed by atoms with Crippen LogP contribution in [0.2, 0.25) is 0 Å². The van der Waals surface area contributed by atoms with Crippen molar-refractivity contribution in [2.75, 3.05) is 78.5 Å². The number of amides is 2. The van der Waals surface area contributed by atoms with E-state index in [1.165, 1.54) is 0 Å². The van der Waals surface area contributed by atoms with E-state index in [1.807, 2.05) is 59.5 Å². The molecule has 1 aromatic heterocycles. The van der Waals surface area contributed by atoms with Crippen molar-refractivity contribution in [3.8, 4) is 0 Å². The molecule has 1 atom stereocenters. The van der Waals surface area contributed by atoms with Crippen molar-refractivity contribution in [1.82, 2.24) is 35.4 Å². The predicted octanol–water partition coefficient (Wildman–Crippen LogP) is -0.623. The molecule has 8 N–H and O–H groups in total. The Balaban J connectivity index is 1.23. The van der Waals surface area contributed by atoms with Crippen LogP contribution in [0.4, 0.5) is 0 Å². The number of nitrogens with one attached hydrogen (secondary N) is 3. The molecule has 1 aliphatic heterocycles. The van der Waals surface area contributed by atoms with Crippen molar-refractivity contribution in [3.05, 3.63) is 71.4 Å². The number of carboxylic acids is 3. The van der Waals surface area contributed by atoms with Crippen LogP contribution in [0.1, 0.15) is 16.8 Å². The number of carbonyl (C=O) groups excluding carboxylic acids is 2. The summed E-state index contributed by atoms with van der Waals surface area (Å²) in [5, 5.41) is 32.1. The molecule has 0 spiro atoms. The molecule has 2 aromatic carbocycles. The third-order valence-corrected chi connectivity index (χ3v) is 8.66. The molecule has 1 aliphatic rings. The maximum Gasteiger partial charge on any atom is 0.317 e. The van der Waals surface area contributed by atoms with Gasteiger partial charge in [0.1, 0.15) is 0 Å². The van der Waals surface area contributed by atoms with Crippen molar-refractivity contribution in [3.63, 3.8) is 0 Å². The second-order valence-corrected chi connectivity index (χ2v) is 12.8. The second kappa shape index (κ2) is 20.2. The van der Waals surface area contributed by atoms with Gasteiger partial charge in [-0.15, -0.1) is 0 Å². The van der Waals surface area contributed by atoms with Gasteiger partial charge in [0.25, 0.3) is 5.91 Å². The van der Waals surface area contributed by atoms with Crippen molar-refractivity contribution in [2.45, 2.75) is 25.6 Å². The summed E-state index contributed by atoms with van der Waals surface area (Å²) >= 11 is 0. The number of para-hydroxylation sites is 1. The van der Waals surface area contributed by atoms with Gasteiger partial charge in [-0.05, 0) is 28.6 Å². The minimum absolute atomic E-state index is 0.0149. The lowest BCUT2D eigenvalue weighted by Crippen LogP contribution is -2.49. The lowest BCUT2D eigenvalue weighted by atomic mass is 10.1. The third kappa shape index (κ3) is 14.0. The van der Waals surface area contributed by atoms with Crippen molar-refractivity contribution in [1.29, 1.82) is 0 Å². The van der Waals surface area contributed by atoms with Crippen LogP contribution in [0.25, 0.3) is 10.9 Å². The minimum atomic E-state index is -1.02. The van der Waals surface area contributed by atoms with E-state index in [2.05, 4.69) is 15.8 Å². The van der Waals surface area contributed by atoms with E-state index < -0.39 is 29.9 Å². The molecule has 0 saturated carbocycles. The summed E-state index contributed by atoms with van der Waals surface area (Å²) in [6.07, 6.45) is 0.323. The Morgan fingerprint density at radius 1 is 0.712 bits per heavy atom. The van der Waals surface area contributed by atoms with Crippen LogP contribution in [0.15, 0.2) is 54.6 Å². The summed E-state index contributed by atoms with van der Waals surface area (Å²) in [7, 11) is 0. The first-order valence-electron chi connectivity index (χ1n) is 17.1. The zero-order valence-electron chi connectivity index (χ0n) is 29.0. The van der Waals surface area contributed by atoms with Crippen molar-refractivity contribution in [2.24, 2.45) is 5.73 Å². The maximum atomic E-state index is 13.0. The van der Waals surface area contributed by atoms with Crippen LogP contribution < -0.4 is 16.5 Å². The van der Waals surface area contributed by atoms with Gasteiger partial charge in [0.2, 0.25) is 5.91 Å². The molecule has 1 unspecified atom stereocenters. The number of aliphatic carboxylic acids is 3. The summed E-state index contributed by atoms with van der Waals surface area (Å²) in [6, 6.07) is 16.3. The van der Waals surface area contributed by atoms with E-state index in [4.69, 9.17) is 10.6 Å². The summed E-state index contributed by atoms with van der Waals surface area (Å²) in [5.74, 6) is -3.76. The number of H-pyrrole nitrogens is 1. The molecule has 4 rings (SSSR count). The fourth-order valence-corrected chi connectivity index (χ4v) is 5.84. The summed E-state index contributed by atoms with van der Waals surface area (Å²) in [4.78, 5) is 75.5. The van der Waals surface area contributed by atoms with E-state index in [0.29, 0.717) is 58.8 Å². The van der Waals surface area contributed by atoms with E-state index in [-0.39, 0.29) is 45.2 Å². The quantitative estimate of drug-likeness (QED) is 0.0913. The van der Waals surface area contributed by atoms with Crippen molar-refractivity contribution >= 4 is 40.6 Å². The van der Waals surface area contributed by atoms with Gasteiger partial charge in [0, 0.05) is 76.5 Å². The number of hydroxylamine groups is 1. The van der Waals surface area contributed by atoms with Crippen LogP contribution in [0.5, 0.6) is 0 Å². The first-order valence-corrected chi connectivity index (χ1v) is 17.1. The number of hydrogen-bond acceptors (Lipinski definition) is 11. The number of carbonyl (C=O) groups is 5. The van der Waals surface area contributed by atoms with Crippen molar-refractivity contribution < 1.29 is 44.1 Å². The highest BCUT2D eigenvalue weighted by atomic mass is 16.6. The second-order valence-electron chi connectivity index (χ2n) is 12.8. The van der Waals surface area contributed by atoms with Gasteiger partial charge in [-0.25, -0.2) is 5.48 Å². The lowest BCUT2D eigenvalue weighted by molar-refractivity contribution is -0.140. The predicted molar refractivity (Wildman–Crippen MR) is 190 cm³/mol. The summed E-state index contributed by atoms with van der Waals surface area (Å²) < 4.78 is 0. The van der Waals surface area contributed by atoms with Crippen LogP contribution in [0, 0.1) is 0 Å². The Bertz CT molecular complexity index is 1590. The van der Waals surface area contributed by atoms with E-state index in [0.717, 1.165) is 27.7 Å². The molecule has 1 saturated heterocycles. The smallest absolute Gasteiger partial charge is 0.317 e. The fraction of sp³-hybridized carbons (Fsp3) is 0.457. The first kappa shape index (κ1) is 39.9. The summed E-state index contributed by atoms with van der Waals surface area (Å²) in [5.41, 5.74) is 11.9. The molecule has 1 fully saturated rings.